The van der Waals surface area contributed by atoms with E-state index < -0.39 is 6.04 Å². The molecule has 1 aromatic carbocycles. The summed E-state index contributed by atoms with van der Waals surface area (Å²) in [5, 5.41) is 3.15. The minimum Gasteiger partial charge on any atom is -0.385 e. The molecule has 0 aromatic heterocycles. The standard InChI is InChI=1S/C11H14BrClN2O2/c1-17-5-4-9(14)11(16)15-10-6-7(12)2-3-8(10)13/h2-3,6,9H,4-5,14H2,1H3,(H,15,16). The van der Waals surface area contributed by atoms with Gasteiger partial charge in [-0.15, -0.1) is 0 Å². The Balaban J connectivity index is 2.64. The molecule has 94 valence electrons. The van der Waals surface area contributed by atoms with Crippen molar-refractivity contribution in [1.29, 1.82) is 0 Å². The largest absolute Gasteiger partial charge is 0.385 e. The zero-order chi connectivity index (χ0) is 12.8. The van der Waals surface area contributed by atoms with Crippen molar-refractivity contribution in [3.63, 3.8) is 0 Å². The minimum atomic E-state index is -0.606. The van der Waals surface area contributed by atoms with Crippen LogP contribution in [0.5, 0.6) is 0 Å². The van der Waals surface area contributed by atoms with Gasteiger partial charge in [-0.05, 0) is 24.6 Å². The first-order valence-electron chi connectivity index (χ1n) is 5.05. The Kier molecular flexibility index (Phi) is 5.91. The van der Waals surface area contributed by atoms with E-state index in [4.69, 9.17) is 22.1 Å². The van der Waals surface area contributed by atoms with Gasteiger partial charge in [0.2, 0.25) is 5.91 Å². The normalized spacial score (nSPS) is 12.2. The Labute approximate surface area is 114 Å². The van der Waals surface area contributed by atoms with Crippen LogP contribution in [-0.4, -0.2) is 25.7 Å². The van der Waals surface area contributed by atoms with Gasteiger partial charge in [0, 0.05) is 18.2 Å². The average Bonchev–Trinajstić information content (AvgIpc) is 2.30. The number of nitrogens with two attached hydrogens (primary N) is 1. The number of benzene rings is 1. The van der Waals surface area contributed by atoms with Crippen LogP contribution in [0.4, 0.5) is 5.69 Å². The van der Waals surface area contributed by atoms with Gasteiger partial charge in [0.05, 0.1) is 16.8 Å². The number of hydrogen-bond donors (Lipinski definition) is 2. The maximum Gasteiger partial charge on any atom is 0.241 e. The van der Waals surface area contributed by atoms with Crippen molar-refractivity contribution < 1.29 is 9.53 Å². The number of hydrogen-bond acceptors (Lipinski definition) is 3. The number of nitrogens with one attached hydrogen (secondary N) is 1. The quantitative estimate of drug-likeness (QED) is 0.875. The van der Waals surface area contributed by atoms with Gasteiger partial charge >= 0.3 is 0 Å². The van der Waals surface area contributed by atoms with Gasteiger partial charge in [-0.1, -0.05) is 27.5 Å². The monoisotopic (exact) mass is 320 g/mol. The number of anilines is 1. The fourth-order valence-corrected chi connectivity index (χ4v) is 1.72. The molecule has 17 heavy (non-hydrogen) atoms. The maximum absolute atomic E-state index is 11.7. The first-order valence-corrected chi connectivity index (χ1v) is 6.22. The first-order chi connectivity index (χ1) is 8.04. The van der Waals surface area contributed by atoms with Gasteiger partial charge in [-0.2, -0.15) is 0 Å². The molecule has 0 radical (unpaired) electrons. The van der Waals surface area contributed by atoms with E-state index >= 15 is 0 Å². The molecule has 0 heterocycles. The molecule has 3 N–H and O–H groups in total. The highest BCUT2D eigenvalue weighted by Gasteiger charge is 2.14. The fraction of sp³-hybridized carbons (Fsp3) is 0.364. The number of amides is 1. The molecular formula is C11H14BrClN2O2. The van der Waals surface area contributed by atoms with E-state index in [9.17, 15) is 4.79 Å². The number of rotatable bonds is 5. The van der Waals surface area contributed by atoms with Crippen LogP contribution in [0.15, 0.2) is 22.7 Å². The smallest absolute Gasteiger partial charge is 0.241 e. The highest BCUT2D eigenvalue weighted by atomic mass is 79.9. The summed E-state index contributed by atoms with van der Waals surface area (Å²) in [5.74, 6) is -0.276. The van der Waals surface area contributed by atoms with Crippen LogP contribution < -0.4 is 11.1 Å². The molecule has 0 bridgehead atoms. The van der Waals surface area contributed by atoms with Crippen LogP contribution in [0.3, 0.4) is 0 Å². The molecule has 1 atom stereocenters. The number of ether oxygens (including phenoxy) is 1. The van der Waals surface area contributed by atoms with Crippen molar-refractivity contribution in [1.82, 2.24) is 0 Å². The Morgan fingerprint density at radius 1 is 1.65 bits per heavy atom. The van der Waals surface area contributed by atoms with E-state index in [1.54, 1.807) is 25.3 Å². The lowest BCUT2D eigenvalue weighted by Gasteiger charge is -2.12. The number of halogens is 2. The summed E-state index contributed by atoms with van der Waals surface area (Å²) >= 11 is 9.25. The summed E-state index contributed by atoms with van der Waals surface area (Å²) in [5.41, 5.74) is 6.23. The molecule has 1 aromatic rings. The molecule has 0 saturated carbocycles. The van der Waals surface area contributed by atoms with Crippen LogP contribution in [0.1, 0.15) is 6.42 Å². The molecule has 0 saturated heterocycles. The molecule has 6 heteroatoms. The van der Waals surface area contributed by atoms with Gasteiger partial charge in [0.15, 0.2) is 0 Å². The molecule has 4 nitrogen and oxygen atoms in total. The van der Waals surface area contributed by atoms with E-state index in [0.717, 1.165) is 4.47 Å². The average molecular weight is 322 g/mol. The molecule has 1 rings (SSSR count). The van der Waals surface area contributed by atoms with Crippen LogP contribution in [0.2, 0.25) is 5.02 Å². The zero-order valence-electron chi connectivity index (χ0n) is 9.37. The molecule has 0 aliphatic carbocycles. The predicted octanol–water partition coefficient (Wildman–Crippen LogP) is 2.40. The van der Waals surface area contributed by atoms with Crippen LogP contribution in [-0.2, 0) is 9.53 Å². The van der Waals surface area contributed by atoms with Crippen molar-refractivity contribution in [2.75, 3.05) is 19.0 Å². The van der Waals surface area contributed by atoms with Gasteiger partial charge in [0.1, 0.15) is 0 Å². The highest BCUT2D eigenvalue weighted by Crippen LogP contribution is 2.25. The second kappa shape index (κ2) is 6.96. The Bertz CT molecular complexity index is 401. The molecule has 1 unspecified atom stereocenters. The van der Waals surface area contributed by atoms with Gasteiger partial charge in [-0.25, -0.2) is 0 Å². The predicted molar refractivity (Wildman–Crippen MR) is 72.3 cm³/mol. The van der Waals surface area contributed by atoms with E-state index in [1.807, 2.05) is 0 Å². The van der Waals surface area contributed by atoms with Gasteiger partial charge in [-0.3, -0.25) is 4.79 Å². The summed E-state index contributed by atoms with van der Waals surface area (Å²) in [6.07, 6.45) is 0.466. The minimum absolute atomic E-state index is 0.276. The molecular weight excluding hydrogens is 307 g/mol. The van der Waals surface area contributed by atoms with E-state index in [-0.39, 0.29) is 5.91 Å². The summed E-state index contributed by atoms with van der Waals surface area (Å²) in [6, 6.07) is 4.61. The molecule has 1 amide bonds. The van der Waals surface area contributed by atoms with Crippen molar-refractivity contribution in [2.24, 2.45) is 5.73 Å². The number of carbonyl (C=O) groups is 1. The van der Waals surface area contributed by atoms with Crippen molar-refractivity contribution >= 4 is 39.1 Å². The molecule has 0 fully saturated rings. The second-order valence-corrected chi connectivity index (χ2v) is 4.82. The van der Waals surface area contributed by atoms with E-state index in [1.165, 1.54) is 0 Å². The zero-order valence-corrected chi connectivity index (χ0v) is 11.7. The summed E-state index contributed by atoms with van der Waals surface area (Å²) < 4.78 is 5.70. The lowest BCUT2D eigenvalue weighted by molar-refractivity contribution is -0.117. The lowest BCUT2D eigenvalue weighted by Crippen LogP contribution is -2.36. The summed E-state index contributed by atoms with van der Waals surface area (Å²) in [7, 11) is 1.57. The summed E-state index contributed by atoms with van der Waals surface area (Å²) in [4.78, 5) is 11.7. The van der Waals surface area contributed by atoms with Crippen LogP contribution in [0.25, 0.3) is 0 Å². The third kappa shape index (κ3) is 4.63. The van der Waals surface area contributed by atoms with Crippen molar-refractivity contribution in [3.05, 3.63) is 27.7 Å². The van der Waals surface area contributed by atoms with Crippen LogP contribution >= 0.6 is 27.5 Å². The molecule has 0 aliphatic rings. The van der Waals surface area contributed by atoms with Crippen molar-refractivity contribution in [2.45, 2.75) is 12.5 Å². The second-order valence-electron chi connectivity index (χ2n) is 3.50. The Morgan fingerprint density at radius 3 is 3.00 bits per heavy atom. The van der Waals surface area contributed by atoms with E-state index in [0.29, 0.717) is 23.7 Å². The van der Waals surface area contributed by atoms with Gasteiger partial charge in [0.25, 0.3) is 0 Å². The Hall–Kier alpha value is -0.620. The van der Waals surface area contributed by atoms with Crippen molar-refractivity contribution in [3.8, 4) is 0 Å². The third-order valence-corrected chi connectivity index (χ3v) is 2.98. The van der Waals surface area contributed by atoms with Gasteiger partial charge < -0.3 is 15.8 Å². The molecule has 0 spiro atoms. The summed E-state index contributed by atoms with van der Waals surface area (Å²) in [6.45, 7) is 0.445. The highest BCUT2D eigenvalue weighted by molar-refractivity contribution is 9.10. The maximum atomic E-state index is 11.7. The fourth-order valence-electron chi connectivity index (χ4n) is 1.19. The number of methoxy groups -OCH3 is 1. The van der Waals surface area contributed by atoms with E-state index in [2.05, 4.69) is 21.2 Å². The lowest BCUT2D eigenvalue weighted by atomic mass is 10.2. The molecule has 0 aliphatic heterocycles. The first kappa shape index (κ1) is 14.4. The SMILES string of the molecule is COCCC(N)C(=O)Nc1cc(Br)ccc1Cl. The third-order valence-electron chi connectivity index (χ3n) is 2.16. The van der Waals surface area contributed by atoms with Crippen LogP contribution in [0, 0.1) is 0 Å². The topological polar surface area (TPSA) is 64.3 Å². The Morgan fingerprint density at radius 2 is 2.35 bits per heavy atom. The number of carbonyl (C=O) groups excluding carboxylic acids is 1.